The average Bonchev–Trinajstić information content (AvgIpc) is 3.24. The number of nitrogens with zero attached hydrogens (tertiary/aromatic N) is 4. The monoisotopic (exact) mass is 362 g/mol. The van der Waals surface area contributed by atoms with Gasteiger partial charge in [-0.05, 0) is 30.7 Å². The zero-order chi connectivity index (χ0) is 18.1. The van der Waals surface area contributed by atoms with Crippen molar-refractivity contribution in [3.8, 4) is 0 Å². The Hall–Kier alpha value is -1.89. The Morgan fingerprint density at radius 1 is 1.28 bits per heavy atom. The molecule has 0 aliphatic heterocycles. The van der Waals surface area contributed by atoms with Crippen molar-refractivity contribution in [1.29, 1.82) is 0 Å². The summed E-state index contributed by atoms with van der Waals surface area (Å²) in [6, 6.07) is 4.26. The summed E-state index contributed by atoms with van der Waals surface area (Å²) in [6.45, 7) is 8.75. The van der Waals surface area contributed by atoms with Crippen molar-refractivity contribution in [1.82, 2.24) is 25.4 Å². The first kappa shape index (κ1) is 19.4. The maximum atomic E-state index is 4.70. The molecule has 0 bridgehead atoms. The molecule has 0 unspecified atom stereocenters. The highest BCUT2D eigenvalue weighted by atomic mass is 32.1. The molecule has 0 spiro atoms. The first-order chi connectivity index (χ1) is 12.1. The van der Waals surface area contributed by atoms with Crippen LogP contribution in [0.25, 0.3) is 0 Å². The van der Waals surface area contributed by atoms with Crippen molar-refractivity contribution < 1.29 is 0 Å². The van der Waals surface area contributed by atoms with Gasteiger partial charge in [-0.15, -0.1) is 21.5 Å². The number of aromatic nitrogens is 3. The Morgan fingerprint density at radius 3 is 2.68 bits per heavy atom. The average molecular weight is 363 g/mol. The van der Waals surface area contributed by atoms with Gasteiger partial charge >= 0.3 is 0 Å². The van der Waals surface area contributed by atoms with E-state index in [4.69, 9.17) is 4.99 Å². The van der Waals surface area contributed by atoms with E-state index in [-0.39, 0.29) is 0 Å². The predicted molar refractivity (Wildman–Crippen MR) is 105 cm³/mol. The molecule has 2 N–H and O–H groups in total. The number of hydrogen-bond acceptors (Lipinski definition) is 4. The number of rotatable bonds is 9. The number of guanidine groups is 1. The molecule has 0 saturated heterocycles. The van der Waals surface area contributed by atoms with E-state index in [0.717, 1.165) is 37.1 Å². The minimum absolute atomic E-state index is 0.522. The second kappa shape index (κ2) is 10.2. The lowest BCUT2D eigenvalue weighted by Crippen LogP contribution is -2.40. The third kappa shape index (κ3) is 6.16. The molecule has 2 aromatic heterocycles. The number of hydrogen-bond donors (Lipinski definition) is 2. The summed E-state index contributed by atoms with van der Waals surface area (Å²) >= 11 is 1.79. The number of thiophene rings is 1. The smallest absolute Gasteiger partial charge is 0.191 e. The van der Waals surface area contributed by atoms with Crippen LogP contribution in [0.3, 0.4) is 0 Å². The molecule has 0 radical (unpaired) electrons. The van der Waals surface area contributed by atoms with Crippen molar-refractivity contribution in [2.45, 2.75) is 46.6 Å². The first-order valence-electron chi connectivity index (χ1n) is 9.03. The normalized spacial score (nSPS) is 12.0. The fourth-order valence-corrected chi connectivity index (χ4v) is 3.20. The molecule has 7 heteroatoms. The minimum atomic E-state index is 0.522. The summed E-state index contributed by atoms with van der Waals surface area (Å²) in [4.78, 5) is 6.09. The van der Waals surface area contributed by atoms with Gasteiger partial charge in [0.2, 0.25) is 0 Å². The van der Waals surface area contributed by atoms with Crippen LogP contribution < -0.4 is 10.6 Å². The van der Waals surface area contributed by atoms with Crippen molar-refractivity contribution in [3.05, 3.63) is 34.0 Å². The fraction of sp³-hybridized carbons (Fsp3) is 0.611. The molecule has 2 heterocycles. The Kier molecular flexibility index (Phi) is 7.91. The van der Waals surface area contributed by atoms with Crippen molar-refractivity contribution in [2.24, 2.45) is 18.0 Å². The Morgan fingerprint density at radius 2 is 2.08 bits per heavy atom. The Bertz CT molecular complexity index is 643. The molecule has 0 saturated carbocycles. The van der Waals surface area contributed by atoms with E-state index in [1.807, 2.05) is 18.5 Å². The molecule has 2 rings (SSSR count). The van der Waals surface area contributed by atoms with Gasteiger partial charge in [0.15, 0.2) is 11.8 Å². The van der Waals surface area contributed by atoms with Gasteiger partial charge in [0.05, 0.1) is 0 Å². The minimum Gasteiger partial charge on any atom is -0.356 e. The SMILES string of the molecule is CCC(CC)CNC(=NCc1nnc(C)n1C)NCCc1cccs1. The van der Waals surface area contributed by atoms with Crippen molar-refractivity contribution in [3.63, 3.8) is 0 Å². The lowest BCUT2D eigenvalue weighted by Gasteiger charge is -2.17. The maximum absolute atomic E-state index is 4.70. The molecule has 0 aliphatic carbocycles. The van der Waals surface area contributed by atoms with Crippen molar-refractivity contribution >= 4 is 17.3 Å². The number of aliphatic imine (C=N–C) groups is 1. The number of aryl methyl sites for hydroxylation is 1. The van der Waals surface area contributed by atoms with Gasteiger partial charge in [0, 0.05) is 25.0 Å². The summed E-state index contributed by atoms with van der Waals surface area (Å²) in [6.07, 6.45) is 3.36. The molecule has 0 aliphatic rings. The molecule has 0 aromatic carbocycles. The van der Waals surface area contributed by atoms with Gasteiger partial charge in [-0.3, -0.25) is 0 Å². The van der Waals surface area contributed by atoms with Gasteiger partial charge in [-0.25, -0.2) is 4.99 Å². The summed E-state index contributed by atoms with van der Waals surface area (Å²) in [5, 5.41) is 17.3. The lowest BCUT2D eigenvalue weighted by atomic mass is 10.0. The van der Waals surface area contributed by atoms with E-state index in [9.17, 15) is 0 Å². The van der Waals surface area contributed by atoms with E-state index in [0.29, 0.717) is 12.5 Å². The molecule has 0 fully saturated rings. The molecule has 2 aromatic rings. The second-order valence-electron chi connectivity index (χ2n) is 6.21. The van der Waals surface area contributed by atoms with Crippen molar-refractivity contribution in [2.75, 3.05) is 13.1 Å². The summed E-state index contributed by atoms with van der Waals surface area (Å²) in [7, 11) is 1.97. The quantitative estimate of drug-likeness (QED) is 0.532. The van der Waals surface area contributed by atoms with Crippen LogP contribution >= 0.6 is 11.3 Å². The van der Waals surface area contributed by atoms with Gasteiger partial charge in [0.1, 0.15) is 12.4 Å². The topological polar surface area (TPSA) is 67.1 Å². The number of nitrogens with one attached hydrogen (secondary N) is 2. The van der Waals surface area contributed by atoms with Gasteiger partial charge in [-0.2, -0.15) is 0 Å². The van der Waals surface area contributed by atoms with Crippen LogP contribution in [-0.2, 0) is 20.0 Å². The third-order valence-corrected chi connectivity index (χ3v) is 5.45. The zero-order valence-electron chi connectivity index (χ0n) is 15.7. The van der Waals surface area contributed by atoms with E-state index in [2.05, 4.69) is 52.2 Å². The summed E-state index contributed by atoms with van der Waals surface area (Å²) < 4.78 is 1.98. The zero-order valence-corrected chi connectivity index (χ0v) is 16.6. The molecule has 0 amide bonds. The molecular weight excluding hydrogens is 332 g/mol. The maximum Gasteiger partial charge on any atom is 0.191 e. The Labute approximate surface area is 154 Å². The van der Waals surface area contributed by atoms with Crippen LogP contribution in [0.5, 0.6) is 0 Å². The molecule has 6 nitrogen and oxygen atoms in total. The van der Waals surface area contributed by atoms with Gasteiger partial charge in [-0.1, -0.05) is 32.8 Å². The molecule has 138 valence electrons. The highest BCUT2D eigenvalue weighted by Crippen LogP contribution is 2.08. The first-order valence-corrected chi connectivity index (χ1v) is 9.91. The van der Waals surface area contributed by atoms with E-state index in [1.165, 1.54) is 17.7 Å². The Balaban J connectivity index is 1.94. The van der Waals surface area contributed by atoms with Gasteiger partial charge in [0.25, 0.3) is 0 Å². The second-order valence-corrected chi connectivity index (χ2v) is 7.24. The standard InChI is InChI=1S/C18H30N6S/c1-5-15(6-2)12-20-18(19-10-9-16-8-7-11-25-16)21-13-17-23-22-14(3)24(17)4/h7-8,11,15H,5-6,9-10,12-13H2,1-4H3,(H2,19,20,21). The molecule has 0 atom stereocenters. The largest absolute Gasteiger partial charge is 0.356 e. The molecular formula is C18H30N6S. The van der Waals surface area contributed by atoms with E-state index >= 15 is 0 Å². The van der Waals surface area contributed by atoms with E-state index < -0.39 is 0 Å². The van der Waals surface area contributed by atoms with Crippen LogP contribution in [0.2, 0.25) is 0 Å². The highest BCUT2D eigenvalue weighted by molar-refractivity contribution is 7.09. The lowest BCUT2D eigenvalue weighted by molar-refractivity contribution is 0.481. The van der Waals surface area contributed by atoms with Crippen LogP contribution in [0, 0.1) is 12.8 Å². The third-order valence-electron chi connectivity index (χ3n) is 4.52. The fourth-order valence-electron chi connectivity index (χ4n) is 2.49. The highest BCUT2D eigenvalue weighted by Gasteiger charge is 2.08. The van der Waals surface area contributed by atoms with Crippen LogP contribution in [-0.4, -0.2) is 33.8 Å². The summed E-state index contributed by atoms with van der Waals surface area (Å²) in [5.41, 5.74) is 0. The van der Waals surface area contributed by atoms with E-state index in [1.54, 1.807) is 11.3 Å². The van der Waals surface area contributed by atoms with Crippen LogP contribution in [0.15, 0.2) is 22.5 Å². The van der Waals surface area contributed by atoms with Crippen LogP contribution in [0.4, 0.5) is 0 Å². The van der Waals surface area contributed by atoms with Gasteiger partial charge < -0.3 is 15.2 Å². The van der Waals surface area contributed by atoms with Crippen LogP contribution in [0.1, 0.15) is 43.2 Å². The summed E-state index contributed by atoms with van der Waals surface area (Å²) in [5.74, 6) is 3.30. The molecule has 25 heavy (non-hydrogen) atoms. The predicted octanol–water partition coefficient (Wildman–Crippen LogP) is 2.90.